The Morgan fingerprint density at radius 3 is 2.44 bits per heavy atom. The minimum absolute atomic E-state index is 0.162. The van der Waals surface area contributed by atoms with Crippen LogP contribution in [0.1, 0.15) is 18.5 Å². The van der Waals surface area contributed by atoms with Gasteiger partial charge in [-0.2, -0.15) is 0 Å². The quantitative estimate of drug-likeness (QED) is 0.458. The minimum atomic E-state index is -0.366. The predicted molar refractivity (Wildman–Crippen MR) is 124 cm³/mol. The highest BCUT2D eigenvalue weighted by molar-refractivity contribution is 5.79. The highest BCUT2D eigenvalue weighted by atomic mass is 19.1. The lowest BCUT2D eigenvalue weighted by molar-refractivity contribution is 0.0170. The normalized spacial score (nSPS) is 16.8. The number of nitrogens with zero attached hydrogens (tertiary/aromatic N) is 2. The molecule has 2 N–H and O–H groups in total. The van der Waals surface area contributed by atoms with Crippen molar-refractivity contribution in [2.75, 3.05) is 53.6 Å². The molecule has 7 nitrogen and oxygen atoms in total. The Bertz CT molecular complexity index is 857. The Morgan fingerprint density at radius 2 is 1.78 bits per heavy atom. The summed E-state index contributed by atoms with van der Waals surface area (Å²) in [5, 5.41) is 6.69. The molecule has 2 atom stereocenters. The number of ether oxygens (including phenoxy) is 3. The molecule has 0 amide bonds. The highest BCUT2D eigenvalue weighted by Gasteiger charge is 2.23. The first kappa shape index (κ1) is 23.8. The maximum atomic E-state index is 13.8. The van der Waals surface area contributed by atoms with E-state index in [1.807, 2.05) is 19.1 Å². The SMILES string of the molecule is CN=C(NCC(C)Oc1ccccc1F)NCC(c1ccc(OC)cc1)N1CCOCC1. The Morgan fingerprint density at radius 1 is 1.09 bits per heavy atom. The van der Waals surface area contributed by atoms with Gasteiger partial charge in [-0.25, -0.2) is 4.39 Å². The van der Waals surface area contributed by atoms with E-state index in [1.165, 1.54) is 11.6 Å². The number of halogens is 1. The number of para-hydroxylation sites is 1. The van der Waals surface area contributed by atoms with Gasteiger partial charge in [-0.05, 0) is 36.8 Å². The third kappa shape index (κ3) is 6.83. The summed E-state index contributed by atoms with van der Waals surface area (Å²) in [6.45, 7) is 6.25. The lowest BCUT2D eigenvalue weighted by Gasteiger charge is -2.35. The van der Waals surface area contributed by atoms with Crippen LogP contribution in [0.15, 0.2) is 53.5 Å². The van der Waals surface area contributed by atoms with Crippen molar-refractivity contribution >= 4 is 5.96 Å². The lowest BCUT2D eigenvalue weighted by atomic mass is 10.0. The lowest BCUT2D eigenvalue weighted by Crippen LogP contribution is -2.47. The molecule has 3 rings (SSSR count). The summed E-state index contributed by atoms with van der Waals surface area (Å²) in [6, 6.07) is 14.7. The molecule has 174 valence electrons. The molecule has 2 aromatic rings. The van der Waals surface area contributed by atoms with Gasteiger partial charge in [-0.1, -0.05) is 24.3 Å². The van der Waals surface area contributed by atoms with E-state index in [0.717, 1.165) is 32.1 Å². The van der Waals surface area contributed by atoms with Crippen LogP contribution in [0.5, 0.6) is 11.5 Å². The number of guanidine groups is 1. The molecule has 32 heavy (non-hydrogen) atoms. The van der Waals surface area contributed by atoms with Gasteiger partial charge in [-0.3, -0.25) is 9.89 Å². The molecule has 1 aliphatic heterocycles. The zero-order chi connectivity index (χ0) is 22.8. The smallest absolute Gasteiger partial charge is 0.191 e. The average Bonchev–Trinajstić information content (AvgIpc) is 2.83. The highest BCUT2D eigenvalue weighted by Crippen LogP contribution is 2.23. The van der Waals surface area contributed by atoms with Crippen molar-refractivity contribution in [1.82, 2.24) is 15.5 Å². The van der Waals surface area contributed by atoms with Crippen LogP contribution >= 0.6 is 0 Å². The third-order valence-electron chi connectivity index (χ3n) is 5.40. The van der Waals surface area contributed by atoms with Gasteiger partial charge in [0.1, 0.15) is 11.9 Å². The average molecular weight is 445 g/mol. The van der Waals surface area contributed by atoms with E-state index >= 15 is 0 Å². The molecule has 2 aromatic carbocycles. The predicted octanol–water partition coefficient (Wildman–Crippen LogP) is 2.84. The Hall–Kier alpha value is -2.84. The van der Waals surface area contributed by atoms with Gasteiger partial charge < -0.3 is 24.8 Å². The van der Waals surface area contributed by atoms with Crippen LogP contribution in [0.4, 0.5) is 4.39 Å². The molecule has 1 saturated heterocycles. The second kappa shape index (κ2) is 12.3. The topological polar surface area (TPSA) is 67.4 Å². The van der Waals surface area contributed by atoms with Gasteiger partial charge >= 0.3 is 0 Å². The van der Waals surface area contributed by atoms with Crippen LogP contribution in [0.25, 0.3) is 0 Å². The van der Waals surface area contributed by atoms with Crippen LogP contribution in [0.3, 0.4) is 0 Å². The van der Waals surface area contributed by atoms with Crippen molar-refractivity contribution in [2.45, 2.75) is 19.1 Å². The van der Waals surface area contributed by atoms with E-state index in [1.54, 1.807) is 32.4 Å². The summed E-state index contributed by atoms with van der Waals surface area (Å²) >= 11 is 0. The van der Waals surface area contributed by atoms with E-state index in [4.69, 9.17) is 14.2 Å². The largest absolute Gasteiger partial charge is 0.497 e. The molecule has 2 unspecified atom stereocenters. The zero-order valence-electron chi connectivity index (χ0n) is 19.0. The van der Waals surface area contributed by atoms with E-state index < -0.39 is 0 Å². The number of aliphatic imine (C=N–C) groups is 1. The van der Waals surface area contributed by atoms with Gasteiger partial charge in [-0.15, -0.1) is 0 Å². The molecule has 0 aromatic heterocycles. The minimum Gasteiger partial charge on any atom is -0.497 e. The van der Waals surface area contributed by atoms with E-state index in [9.17, 15) is 4.39 Å². The standard InChI is InChI=1S/C24H33FN4O3/c1-18(32-23-7-5-4-6-21(23)25)16-27-24(26-2)28-17-22(29-12-14-31-15-13-29)19-8-10-20(30-3)11-9-19/h4-11,18,22H,12-17H2,1-3H3,(H2,26,27,28). The van der Waals surface area contributed by atoms with E-state index in [0.29, 0.717) is 19.0 Å². The van der Waals surface area contributed by atoms with Crippen LogP contribution in [0.2, 0.25) is 0 Å². The van der Waals surface area contributed by atoms with Crippen LogP contribution in [-0.4, -0.2) is 70.5 Å². The van der Waals surface area contributed by atoms with Gasteiger partial charge in [0.25, 0.3) is 0 Å². The fraction of sp³-hybridized carbons (Fsp3) is 0.458. The number of hydrogen-bond acceptors (Lipinski definition) is 5. The maximum Gasteiger partial charge on any atom is 0.191 e. The second-order valence-electron chi connectivity index (χ2n) is 7.63. The molecule has 0 bridgehead atoms. The maximum absolute atomic E-state index is 13.8. The van der Waals surface area contributed by atoms with Gasteiger partial charge in [0.2, 0.25) is 0 Å². The Kier molecular flexibility index (Phi) is 9.13. The number of rotatable bonds is 9. The van der Waals surface area contributed by atoms with Crippen molar-refractivity contribution in [1.29, 1.82) is 0 Å². The number of methoxy groups -OCH3 is 1. The molecule has 0 aliphatic carbocycles. The Balaban J connectivity index is 1.57. The summed E-state index contributed by atoms with van der Waals surface area (Å²) in [5.74, 6) is 1.39. The molecular formula is C24H33FN4O3. The first-order chi connectivity index (χ1) is 15.6. The molecule has 0 spiro atoms. The fourth-order valence-electron chi connectivity index (χ4n) is 3.63. The van der Waals surface area contributed by atoms with E-state index in [-0.39, 0.29) is 23.7 Å². The molecule has 0 saturated carbocycles. The fourth-order valence-corrected chi connectivity index (χ4v) is 3.63. The molecule has 1 aliphatic rings. The third-order valence-corrected chi connectivity index (χ3v) is 5.40. The van der Waals surface area contributed by atoms with Crippen LogP contribution in [0, 0.1) is 5.82 Å². The summed E-state index contributed by atoms with van der Waals surface area (Å²) in [6.07, 6.45) is -0.234. The van der Waals surface area contributed by atoms with Crippen molar-refractivity contribution in [3.8, 4) is 11.5 Å². The molecule has 1 heterocycles. The first-order valence-corrected chi connectivity index (χ1v) is 10.9. The number of hydrogen-bond donors (Lipinski definition) is 2. The monoisotopic (exact) mass is 444 g/mol. The van der Waals surface area contributed by atoms with E-state index in [2.05, 4.69) is 32.7 Å². The zero-order valence-corrected chi connectivity index (χ0v) is 19.0. The van der Waals surface area contributed by atoms with Crippen molar-refractivity contribution < 1.29 is 18.6 Å². The number of nitrogens with one attached hydrogen (secondary N) is 2. The van der Waals surface area contributed by atoms with Gasteiger partial charge in [0.15, 0.2) is 17.5 Å². The van der Waals surface area contributed by atoms with Gasteiger partial charge in [0.05, 0.1) is 32.9 Å². The summed E-state index contributed by atoms with van der Waals surface area (Å²) in [7, 11) is 3.40. The molecular weight excluding hydrogens is 411 g/mol. The number of benzene rings is 2. The van der Waals surface area contributed by atoms with Crippen molar-refractivity contribution in [3.05, 3.63) is 59.9 Å². The Labute approximate surface area is 189 Å². The summed E-state index contributed by atoms with van der Waals surface area (Å²) in [4.78, 5) is 6.74. The van der Waals surface area contributed by atoms with Crippen LogP contribution < -0.4 is 20.1 Å². The molecule has 0 radical (unpaired) electrons. The van der Waals surface area contributed by atoms with Crippen LogP contribution in [-0.2, 0) is 4.74 Å². The van der Waals surface area contributed by atoms with Crippen molar-refractivity contribution in [2.24, 2.45) is 4.99 Å². The second-order valence-corrected chi connectivity index (χ2v) is 7.63. The molecule has 1 fully saturated rings. The molecule has 8 heteroatoms. The summed E-state index contributed by atoms with van der Waals surface area (Å²) < 4.78 is 30.3. The summed E-state index contributed by atoms with van der Waals surface area (Å²) in [5.41, 5.74) is 1.20. The number of morpholine rings is 1. The van der Waals surface area contributed by atoms with Gasteiger partial charge in [0, 0.05) is 26.7 Å². The van der Waals surface area contributed by atoms with Crippen molar-refractivity contribution in [3.63, 3.8) is 0 Å². The first-order valence-electron chi connectivity index (χ1n) is 10.9.